The average molecular weight is 317 g/mol. The third-order valence-electron chi connectivity index (χ3n) is 3.68. The first-order valence-corrected chi connectivity index (χ1v) is 7.45. The predicted octanol–water partition coefficient (Wildman–Crippen LogP) is 3.77. The molecule has 1 heterocycles. The van der Waals surface area contributed by atoms with E-state index in [2.05, 4.69) is 4.98 Å². The minimum atomic E-state index is -0.582. The summed E-state index contributed by atoms with van der Waals surface area (Å²) in [5, 5.41) is 0. The molecular formula is C20H15NO3. The third-order valence-corrected chi connectivity index (χ3v) is 3.68. The van der Waals surface area contributed by atoms with Crippen molar-refractivity contribution in [1.29, 1.82) is 0 Å². The maximum Gasteiger partial charge on any atom is 0.340 e. The van der Waals surface area contributed by atoms with E-state index < -0.39 is 5.97 Å². The van der Waals surface area contributed by atoms with Gasteiger partial charge in [0, 0.05) is 17.3 Å². The van der Waals surface area contributed by atoms with Crippen molar-refractivity contribution in [1.82, 2.24) is 4.98 Å². The van der Waals surface area contributed by atoms with Gasteiger partial charge in [0.2, 0.25) is 5.78 Å². The van der Waals surface area contributed by atoms with Crippen LogP contribution in [0, 0.1) is 0 Å². The number of ether oxygens (including phenoxy) is 1. The lowest BCUT2D eigenvalue weighted by Crippen LogP contribution is -2.15. The van der Waals surface area contributed by atoms with Crippen LogP contribution in [0.1, 0.15) is 26.4 Å². The molecule has 0 aliphatic carbocycles. The second kappa shape index (κ2) is 6.87. The Labute approximate surface area is 139 Å². The molecule has 0 radical (unpaired) electrons. The maximum absolute atomic E-state index is 12.8. The highest BCUT2D eigenvalue weighted by Crippen LogP contribution is 2.27. The lowest BCUT2D eigenvalue weighted by molar-refractivity contribution is 0.0597. The van der Waals surface area contributed by atoms with Gasteiger partial charge < -0.3 is 4.74 Å². The first-order valence-electron chi connectivity index (χ1n) is 7.45. The molecular weight excluding hydrogens is 302 g/mol. The zero-order valence-electron chi connectivity index (χ0n) is 13.1. The summed E-state index contributed by atoms with van der Waals surface area (Å²) in [7, 11) is 1.29. The lowest BCUT2D eigenvalue weighted by atomic mass is 9.95. The fraction of sp³-hybridized carbons (Fsp3) is 0.0500. The van der Waals surface area contributed by atoms with Crippen LogP contribution in [-0.4, -0.2) is 23.8 Å². The molecule has 0 spiro atoms. The Morgan fingerprint density at radius 3 is 2.12 bits per heavy atom. The van der Waals surface area contributed by atoms with Gasteiger partial charge in [-0.1, -0.05) is 60.7 Å². The quantitative estimate of drug-likeness (QED) is 0.543. The van der Waals surface area contributed by atoms with Crippen molar-refractivity contribution >= 4 is 11.8 Å². The van der Waals surface area contributed by atoms with Crippen LogP contribution in [0.15, 0.2) is 72.9 Å². The highest BCUT2D eigenvalue weighted by molar-refractivity contribution is 6.15. The van der Waals surface area contributed by atoms with Gasteiger partial charge in [-0.05, 0) is 11.6 Å². The smallest absolute Gasteiger partial charge is 0.340 e. The average Bonchev–Trinajstić information content (AvgIpc) is 2.67. The molecule has 0 saturated heterocycles. The molecule has 3 rings (SSSR count). The summed E-state index contributed by atoms with van der Waals surface area (Å²) in [4.78, 5) is 29.3. The highest BCUT2D eigenvalue weighted by atomic mass is 16.5. The van der Waals surface area contributed by atoms with Crippen molar-refractivity contribution in [2.75, 3.05) is 7.11 Å². The Balaban J connectivity index is 2.20. The van der Waals surface area contributed by atoms with Crippen molar-refractivity contribution in [2.24, 2.45) is 0 Å². The summed E-state index contributed by atoms with van der Waals surface area (Å²) < 4.78 is 4.89. The fourth-order valence-corrected chi connectivity index (χ4v) is 2.53. The van der Waals surface area contributed by atoms with Gasteiger partial charge in [0.15, 0.2) is 0 Å². The number of carbonyl (C=O) groups excluding carboxylic acids is 2. The number of benzene rings is 2. The number of pyridine rings is 1. The van der Waals surface area contributed by atoms with Crippen LogP contribution < -0.4 is 0 Å². The molecule has 24 heavy (non-hydrogen) atoms. The molecule has 0 atom stereocenters. The minimum Gasteiger partial charge on any atom is -0.465 e. The molecule has 0 unspecified atom stereocenters. The van der Waals surface area contributed by atoms with E-state index in [1.54, 1.807) is 30.3 Å². The summed E-state index contributed by atoms with van der Waals surface area (Å²) in [5.74, 6) is -0.894. The largest absolute Gasteiger partial charge is 0.465 e. The van der Waals surface area contributed by atoms with Crippen LogP contribution in [0.4, 0.5) is 0 Å². The van der Waals surface area contributed by atoms with Crippen LogP contribution in [0.3, 0.4) is 0 Å². The van der Waals surface area contributed by atoms with Gasteiger partial charge in [-0.3, -0.25) is 9.78 Å². The van der Waals surface area contributed by atoms with E-state index in [0.29, 0.717) is 11.1 Å². The number of methoxy groups -OCH3 is 1. The van der Waals surface area contributed by atoms with E-state index in [-0.39, 0.29) is 17.0 Å². The van der Waals surface area contributed by atoms with Gasteiger partial charge in [-0.2, -0.15) is 0 Å². The van der Waals surface area contributed by atoms with E-state index in [9.17, 15) is 9.59 Å². The molecule has 4 heteroatoms. The first-order chi connectivity index (χ1) is 11.7. The van der Waals surface area contributed by atoms with Gasteiger partial charge in [0.25, 0.3) is 0 Å². The van der Waals surface area contributed by atoms with Crippen molar-refractivity contribution < 1.29 is 14.3 Å². The number of nitrogens with zero attached hydrogens (tertiary/aromatic N) is 1. The number of hydrogen-bond donors (Lipinski definition) is 0. The number of carbonyl (C=O) groups is 2. The van der Waals surface area contributed by atoms with E-state index in [1.807, 2.05) is 36.4 Å². The van der Waals surface area contributed by atoms with Gasteiger partial charge in [-0.15, -0.1) is 0 Å². The van der Waals surface area contributed by atoms with Crippen molar-refractivity contribution in [2.45, 2.75) is 0 Å². The van der Waals surface area contributed by atoms with Gasteiger partial charge >= 0.3 is 5.97 Å². The molecule has 2 aromatic carbocycles. The third kappa shape index (κ3) is 2.94. The van der Waals surface area contributed by atoms with Crippen LogP contribution in [-0.2, 0) is 4.74 Å². The molecule has 0 fully saturated rings. The Bertz CT molecular complexity index is 874. The van der Waals surface area contributed by atoms with Gasteiger partial charge in [-0.25, -0.2) is 4.79 Å². The Morgan fingerprint density at radius 2 is 1.50 bits per heavy atom. The molecule has 3 aromatic rings. The van der Waals surface area contributed by atoms with E-state index in [1.165, 1.54) is 13.3 Å². The molecule has 0 aliphatic rings. The van der Waals surface area contributed by atoms with Crippen LogP contribution in [0.2, 0.25) is 0 Å². The Morgan fingerprint density at radius 1 is 0.875 bits per heavy atom. The summed E-state index contributed by atoms with van der Waals surface area (Å²) in [6, 6.07) is 19.8. The SMILES string of the molecule is COC(=O)c1c(-c2ccccc2)ccnc1C(=O)c1ccccc1. The molecule has 0 bridgehead atoms. The van der Waals surface area contributed by atoms with Crippen molar-refractivity contribution in [3.8, 4) is 11.1 Å². The van der Waals surface area contributed by atoms with Crippen LogP contribution in [0.5, 0.6) is 0 Å². The van der Waals surface area contributed by atoms with E-state index in [4.69, 9.17) is 4.74 Å². The lowest BCUT2D eigenvalue weighted by Gasteiger charge is -2.12. The monoisotopic (exact) mass is 317 g/mol. The molecule has 0 aliphatic heterocycles. The normalized spacial score (nSPS) is 10.2. The summed E-state index contributed by atoms with van der Waals surface area (Å²) in [6.45, 7) is 0. The second-order valence-electron chi connectivity index (χ2n) is 5.13. The zero-order valence-corrected chi connectivity index (χ0v) is 13.1. The summed E-state index contributed by atoms with van der Waals surface area (Å²) >= 11 is 0. The van der Waals surface area contributed by atoms with Crippen LogP contribution >= 0.6 is 0 Å². The van der Waals surface area contributed by atoms with Gasteiger partial charge in [0.1, 0.15) is 5.69 Å². The molecule has 4 nitrogen and oxygen atoms in total. The maximum atomic E-state index is 12.8. The molecule has 0 N–H and O–H groups in total. The topological polar surface area (TPSA) is 56.3 Å². The molecule has 1 aromatic heterocycles. The Kier molecular flexibility index (Phi) is 4.47. The molecule has 0 amide bonds. The number of ketones is 1. The zero-order chi connectivity index (χ0) is 16.9. The molecule has 0 saturated carbocycles. The van der Waals surface area contributed by atoms with Crippen LogP contribution in [0.25, 0.3) is 11.1 Å². The van der Waals surface area contributed by atoms with Crippen molar-refractivity contribution in [3.63, 3.8) is 0 Å². The summed E-state index contributed by atoms with van der Waals surface area (Å²) in [6.07, 6.45) is 1.53. The van der Waals surface area contributed by atoms with Crippen molar-refractivity contribution in [3.05, 3.63) is 89.7 Å². The summed E-state index contributed by atoms with van der Waals surface area (Å²) in [5.41, 5.74) is 2.19. The fourth-order valence-electron chi connectivity index (χ4n) is 2.53. The first kappa shape index (κ1) is 15.6. The predicted molar refractivity (Wildman–Crippen MR) is 90.9 cm³/mol. The van der Waals surface area contributed by atoms with Gasteiger partial charge in [0.05, 0.1) is 12.7 Å². The molecule has 118 valence electrons. The number of aromatic nitrogens is 1. The van der Waals surface area contributed by atoms with E-state index >= 15 is 0 Å². The Hall–Kier alpha value is -3.27. The standard InChI is InChI=1S/C20H15NO3/c1-24-20(23)17-16(14-8-4-2-5-9-14)12-13-21-18(17)19(22)15-10-6-3-7-11-15/h2-13H,1H3. The minimum absolute atomic E-state index is 0.0920. The van der Waals surface area contributed by atoms with E-state index in [0.717, 1.165) is 5.56 Å². The highest BCUT2D eigenvalue weighted by Gasteiger charge is 2.24. The second-order valence-corrected chi connectivity index (χ2v) is 5.13. The number of hydrogen-bond acceptors (Lipinski definition) is 4. The number of rotatable bonds is 4. The number of esters is 1.